The van der Waals surface area contributed by atoms with Crippen molar-refractivity contribution >= 4 is 32.9 Å². The Balaban J connectivity index is 1.94. The Morgan fingerprint density at radius 2 is 1.95 bits per heavy atom. The highest BCUT2D eigenvalue weighted by molar-refractivity contribution is 7.17. The summed E-state index contributed by atoms with van der Waals surface area (Å²) in [6, 6.07) is 15.4. The van der Waals surface area contributed by atoms with Gasteiger partial charge in [0.15, 0.2) is 5.78 Å². The molecule has 0 fully saturated rings. The summed E-state index contributed by atoms with van der Waals surface area (Å²) in [4.78, 5) is 12.4. The van der Waals surface area contributed by atoms with Crippen LogP contribution in [-0.2, 0) is 6.42 Å². The van der Waals surface area contributed by atoms with E-state index in [1.54, 1.807) is 11.3 Å². The summed E-state index contributed by atoms with van der Waals surface area (Å²) >= 11 is 1.61. The molecule has 94 valence electrons. The molecule has 0 saturated carbocycles. The average Bonchev–Trinajstić information content (AvgIpc) is 2.86. The molecule has 3 aromatic rings. The molecule has 19 heavy (non-hydrogen) atoms. The van der Waals surface area contributed by atoms with Crippen molar-refractivity contribution in [3.05, 3.63) is 65.0 Å². The van der Waals surface area contributed by atoms with Gasteiger partial charge in [-0.2, -0.15) is 0 Å². The number of carbonyl (C=O) groups is 1. The molecule has 2 nitrogen and oxygen atoms in total. The molecule has 0 amide bonds. The van der Waals surface area contributed by atoms with Gasteiger partial charge < -0.3 is 5.73 Å². The summed E-state index contributed by atoms with van der Waals surface area (Å²) in [5, 5.41) is 3.14. The minimum atomic E-state index is 0.138. The SMILES string of the molecule is Nc1cccc(CC(=O)c2cccc3ccsc23)c1. The lowest BCUT2D eigenvalue weighted by Gasteiger charge is -2.04. The lowest BCUT2D eigenvalue weighted by atomic mass is 10.0. The molecule has 0 spiro atoms. The Bertz CT molecular complexity index is 745. The van der Waals surface area contributed by atoms with Crippen LogP contribution in [0.15, 0.2) is 53.9 Å². The van der Waals surface area contributed by atoms with Gasteiger partial charge in [0.05, 0.1) is 0 Å². The van der Waals surface area contributed by atoms with Crippen LogP contribution in [0.5, 0.6) is 0 Å². The quantitative estimate of drug-likeness (QED) is 0.577. The smallest absolute Gasteiger partial charge is 0.168 e. The van der Waals surface area contributed by atoms with Crippen molar-refractivity contribution < 1.29 is 4.79 Å². The Morgan fingerprint density at radius 3 is 2.79 bits per heavy atom. The van der Waals surface area contributed by atoms with E-state index in [9.17, 15) is 4.79 Å². The highest BCUT2D eigenvalue weighted by atomic mass is 32.1. The van der Waals surface area contributed by atoms with Gasteiger partial charge in [-0.15, -0.1) is 11.3 Å². The van der Waals surface area contributed by atoms with E-state index in [1.165, 1.54) is 0 Å². The van der Waals surface area contributed by atoms with Crippen LogP contribution in [0.3, 0.4) is 0 Å². The summed E-state index contributed by atoms with van der Waals surface area (Å²) in [6.45, 7) is 0. The van der Waals surface area contributed by atoms with Gasteiger partial charge in [-0.05, 0) is 40.6 Å². The lowest BCUT2D eigenvalue weighted by Crippen LogP contribution is -2.04. The number of Topliss-reactive ketones (excluding diaryl/α,β-unsaturated/α-hetero) is 1. The fourth-order valence-corrected chi connectivity index (χ4v) is 3.13. The highest BCUT2D eigenvalue weighted by Crippen LogP contribution is 2.25. The van der Waals surface area contributed by atoms with Gasteiger partial charge in [-0.1, -0.05) is 24.3 Å². The Morgan fingerprint density at radius 1 is 1.11 bits per heavy atom. The third-order valence-corrected chi connectivity index (χ3v) is 4.06. The van der Waals surface area contributed by atoms with E-state index in [0.29, 0.717) is 12.1 Å². The average molecular weight is 267 g/mol. The number of carbonyl (C=O) groups excluding carboxylic acids is 1. The number of hydrogen-bond donors (Lipinski definition) is 1. The van der Waals surface area contributed by atoms with E-state index in [0.717, 1.165) is 21.2 Å². The number of ketones is 1. The van der Waals surface area contributed by atoms with E-state index in [1.807, 2.05) is 53.9 Å². The standard InChI is InChI=1S/C16H13NOS/c17-13-5-1-3-11(9-13)10-15(18)14-6-2-4-12-7-8-19-16(12)14/h1-9H,10,17H2. The third kappa shape index (κ3) is 2.37. The van der Waals surface area contributed by atoms with Crippen LogP contribution in [0.2, 0.25) is 0 Å². The van der Waals surface area contributed by atoms with Crippen molar-refractivity contribution in [2.24, 2.45) is 0 Å². The van der Waals surface area contributed by atoms with Gasteiger partial charge in [-0.3, -0.25) is 4.79 Å². The normalized spacial score (nSPS) is 10.7. The van der Waals surface area contributed by atoms with Crippen molar-refractivity contribution in [2.75, 3.05) is 5.73 Å². The number of rotatable bonds is 3. The molecule has 0 radical (unpaired) electrons. The Labute approximate surface area is 115 Å². The van der Waals surface area contributed by atoms with Crippen LogP contribution < -0.4 is 5.73 Å². The first-order chi connectivity index (χ1) is 9.24. The number of nitrogen functional groups attached to an aromatic ring is 1. The second kappa shape index (κ2) is 4.86. The molecule has 2 N–H and O–H groups in total. The number of hydrogen-bond acceptors (Lipinski definition) is 3. The third-order valence-electron chi connectivity index (χ3n) is 3.10. The predicted molar refractivity (Wildman–Crippen MR) is 80.7 cm³/mol. The van der Waals surface area contributed by atoms with Crippen molar-refractivity contribution in [3.8, 4) is 0 Å². The molecular weight excluding hydrogens is 254 g/mol. The first kappa shape index (κ1) is 11.9. The molecule has 0 saturated heterocycles. The maximum absolute atomic E-state index is 12.4. The fourth-order valence-electron chi connectivity index (χ4n) is 2.20. The maximum atomic E-state index is 12.4. The first-order valence-corrected chi connectivity index (χ1v) is 6.96. The van der Waals surface area contributed by atoms with Crippen LogP contribution in [0.25, 0.3) is 10.1 Å². The second-order valence-electron chi connectivity index (χ2n) is 4.49. The van der Waals surface area contributed by atoms with Crippen LogP contribution in [0.1, 0.15) is 15.9 Å². The van der Waals surface area contributed by atoms with Gasteiger partial charge in [0, 0.05) is 22.4 Å². The monoisotopic (exact) mass is 267 g/mol. The van der Waals surface area contributed by atoms with Gasteiger partial charge in [0.2, 0.25) is 0 Å². The molecule has 3 rings (SSSR count). The fraction of sp³-hybridized carbons (Fsp3) is 0.0625. The predicted octanol–water partition coefficient (Wildman–Crippen LogP) is 3.91. The molecule has 0 atom stereocenters. The first-order valence-electron chi connectivity index (χ1n) is 6.08. The summed E-state index contributed by atoms with van der Waals surface area (Å²) in [5.74, 6) is 0.138. The molecule has 0 unspecified atom stereocenters. The van der Waals surface area contributed by atoms with E-state index >= 15 is 0 Å². The second-order valence-corrected chi connectivity index (χ2v) is 5.41. The Kier molecular flexibility index (Phi) is 3.05. The van der Waals surface area contributed by atoms with Crippen molar-refractivity contribution in [1.82, 2.24) is 0 Å². The molecule has 1 heterocycles. The zero-order chi connectivity index (χ0) is 13.2. The van der Waals surface area contributed by atoms with E-state index in [4.69, 9.17) is 5.73 Å². The minimum Gasteiger partial charge on any atom is -0.399 e. The van der Waals surface area contributed by atoms with Gasteiger partial charge >= 0.3 is 0 Å². The number of fused-ring (bicyclic) bond motifs is 1. The molecule has 1 aromatic heterocycles. The van der Waals surface area contributed by atoms with E-state index in [-0.39, 0.29) is 5.78 Å². The van der Waals surface area contributed by atoms with Gasteiger partial charge in [0.1, 0.15) is 0 Å². The van der Waals surface area contributed by atoms with Crippen molar-refractivity contribution in [2.45, 2.75) is 6.42 Å². The molecule has 0 aliphatic rings. The lowest BCUT2D eigenvalue weighted by molar-refractivity contribution is 0.0995. The van der Waals surface area contributed by atoms with Crippen molar-refractivity contribution in [1.29, 1.82) is 0 Å². The van der Waals surface area contributed by atoms with Gasteiger partial charge in [0.25, 0.3) is 0 Å². The number of benzene rings is 2. The van der Waals surface area contributed by atoms with Crippen LogP contribution in [0.4, 0.5) is 5.69 Å². The van der Waals surface area contributed by atoms with Gasteiger partial charge in [-0.25, -0.2) is 0 Å². The topological polar surface area (TPSA) is 43.1 Å². The number of nitrogens with two attached hydrogens (primary N) is 1. The summed E-state index contributed by atoms with van der Waals surface area (Å²) in [7, 11) is 0. The van der Waals surface area contributed by atoms with Crippen molar-refractivity contribution in [3.63, 3.8) is 0 Å². The minimum absolute atomic E-state index is 0.138. The molecule has 2 aromatic carbocycles. The maximum Gasteiger partial charge on any atom is 0.168 e. The molecular formula is C16H13NOS. The number of thiophene rings is 1. The van der Waals surface area contributed by atoms with E-state index in [2.05, 4.69) is 0 Å². The number of anilines is 1. The molecule has 0 bridgehead atoms. The molecule has 3 heteroatoms. The zero-order valence-electron chi connectivity index (χ0n) is 10.3. The van der Waals surface area contributed by atoms with Crippen LogP contribution in [0, 0.1) is 0 Å². The summed E-state index contributed by atoms with van der Waals surface area (Å²) in [6.07, 6.45) is 0.391. The highest BCUT2D eigenvalue weighted by Gasteiger charge is 2.11. The molecule has 0 aliphatic heterocycles. The van der Waals surface area contributed by atoms with Crippen LogP contribution >= 0.6 is 11.3 Å². The summed E-state index contributed by atoms with van der Waals surface area (Å²) < 4.78 is 1.07. The largest absolute Gasteiger partial charge is 0.399 e. The molecule has 0 aliphatic carbocycles. The van der Waals surface area contributed by atoms with Crippen LogP contribution in [-0.4, -0.2) is 5.78 Å². The Hall–Kier alpha value is -2.13. The summed E-state index contributed by atoms with van der Waals surface area (Å²) in [5.41, 5.74) is 8.19. The van der Waals surface area contributed by atoms with E-state index < -0.39 is 0 Å². The zero-order valence-corrected chi connectivity index (χ0v) is 11.1.